The first-order valence-corrected chi connectivity index (χ1v) is 19.2. The number of hydrogen-bond donors (Lipinski definition) is 4. The third-order valence-corrected chi connectivity index (χ3v) is 11.1. The molecule has 1 aromatic heterocycles. The molecule has 3 fully saturated rings. The highest BCUT2D eigenvalue weighted by Gasteiger charge is 2.48. The Labute approximate surface area is 315 Å². The van der Waals surface area contributed by atoms with Crippen LogP contribution in [0.3, 0.4) is 0 Å². The summed E-state index contributed by atoms with van der Waals surface area (Å²) in [6.07, 6.45) is 5.82. The Hall–Kier alpha value is -2.64. The number of hydrogen-bond acceptors (Lipinski definition) is 10. The Morgan fingerprint density at radius 1 is 0.981 bits per heavy atom. The fourth-order valence-electron chi connectivity index (χ4n) is 6.96. The normalized spacial score (nSPS) is 19.5. The fraction of sp³-hybridized carbons (Fsp3) is 0.550. The minimum atomic E-state index is -1.55. The van der Waals surface area contributed by atoms with Crippen molar-refractivity contribution >= 4 is 29.0 Å². The van der Waals surface area contributed by atoms with Gasteiger partial charge in [0.1, 0.15) is 23.7 Å². The number of ether oxygens (including phenoxy) is 3. The molecule has 0 amide bonds. The van der Waals surface area contributed by atoms with E-state index in [-0.39, 0.29) is 18.3 Å². The number of aryl methyl sites for hydroxylation is 1. The summed E-state index contributed by atoms with van der Waals surface area (Å²) in [4.78, 5) is 19.6. The monoisotopic (exact) mass is 756 g/mol. The van der Waals surface area contributed by atoms with Crippen LogP contribution in [0.15, 0.2) is 54.9 Å². The van der Waals surface area contributed by atoms with Gasteiger partial charge in [-0.2, -0.15) is 0 Å². The van der Waals surface area contributed by atoms with Gasteiger partial charge in [0.25, 0.3) is 0 Å². The zero-order chi connectivity index (χ0) is 36.7. The highest BCUT2D eigenvalue weighted by Crippen LogP contribution is 2.53. The average Bonchev–Trinajstić information content (AvgIpc) is 4.11. The van der Waals surface area contributed by atoms with E-state index in [1.54, 1.807) is 6.20 Å². The van der Waals surface area contributed by atoms with Gasteiger partial charge in [-0.1, -0.05) is 41.4 Å². The van der Waals surface area contributed by atoms with Crippen molar-refractivity contribution in [3.05, 3.63) is 81.6 Å². The lowest BCUT2D eigenvalue weighted by molar-refractivity contribution is -0.126. The quantitative estimate of drug-likeness (QED) is 0.109. The van der Waals surface area contributed by atoms with Crippen LogP contribution in [0.2, 0.25) is 10.0 Å². The summed E-state index contributed by atoms with van der Waals surface area (Å²) in [5, 5.41) is 41.5. The molecule has 3 aromatic rings. The third kappa shape index (κ3) is 10.1. The van der Waals surface area contributed by atoms with E-state index in [1.807, 2.05) is 42.6 Å². The molecule has 4 atom stereocenters. The molecule has 0 spiro atoms. The number of aliphatic hydroxyl groups excluding tert-OH is 4. The second-order valence-electron chi connectivity index (χ2n) is 14.4. The molecular formula is C40H50Cl2N2O8. The van der Waals surface area contributed by atoms with Gasteiger partial charge in [0.05, 0.1) is 44.2 Å². The average molecular weight is 758 g/mol. The Kier molecular flexibility index (Phi) is 13.6. The van der Waals surface area contributed by atoms with Gasteiger partial charge in [-0.05, 0) is 85.9 Å². The highest BCUT2D eigenvalue weighted by atomic mass is 35.5. The SMILES string of the molecule is O=C(CCCCc1cc(Cl)c(COC2(c3cnccc3-c3ccccc3OC3CC3)CC2)cc1Cl)C[C@H](CN1CCOCC1)[C@H](O)[C@@H](O)[C@@H](O)CO. The molecule has 3 aliphatic rings. The summed E-state index contributed by atoms with van der Waals surface area (Å²) in [5.74, 6) is 0.246. The number of aliphatic hydroxyl groups is 4. The van der Waals surface area contributed by atoms with Crippen LogP contribution in [-0.2, 0) is 32.9 Å². The number of nitrogens with zero attached hydrogens (tertiary/aromatic N) is 2. The maximum absolute atomic E-state index is 13.0. The Morgan fingerprint density at radius 3 is 2.44 bits per heavy atom. The van der Waals surface area contributed by atoms with Crippen LogP contribution in [0, 0.1) is 5.92 Å². The summed E-state index contributed by atoms with van der Waals surface area (Å²) in [5.41, 5.74) is 4.37. The predicted octanol–water partition coefficient (Wildman–Crippen LogP) is 5.50. The second-order valence-corrected chi connectivity index (χ2v) is 15.2. The molecule has 6 rings (SSSR count). The Balaban J connectivity index is 1.02. The van der Waals surface area contributed by atoms with Crippen molar-refractivity contribution in [1.82, 2.24) is 9.88 Å². The van der Waals surface area contributed by atoms with Crippen LogP contribution in [0.1, 0.15) is 68.1 Å². The summed E-state index contributed by atoms with van der Waals surface area (Å²) >= 11 is 13.5. The van der Waals surface area contributed by atoms with Gasteiger partial charge in [-0.25, -0.2) is 0 Å². The first-order valence-electron chi connectivity index (χ1n) is 18.5. The van der Waals surface area contributed by atoms with Gasteiger partial charge in [0.15, 0.2) is 0 Å². The number of ketones is 1. The van der Waals surface area contributed by atoms with Gasteiger partial charge < -0.3 is 34.6 Å². The van der Waals surface area contributed by atoms with E-state index in [9.17, 15) is 25.2 Å². The van der Waals surface area contributed by atoms with Crippen LogP contribution >= 0.6 is 23.2 Å². The van der Waals surface area contributed by atoms with Gasteiger partial charge >= 0.3 is 0 Å². The summed E-state index contributed by atoms with van der Waals surface area (Å²) in [6, 6.07) is 13.9. The largest absolute Gasteiger partial charge is 0.490 e. The van der Waals surface area contributed by atoms with Crippen LogP contribution in [0.25, 0.3) is 11.1 Å². The number of para-hydroxylation sites is 1. The molecule has 0 bridgehead atoms. The summed E-state index contributed by atoms with van der Waals surface area (Å²) < 4.78 is 18.2. The minimum absolute atomic E-state index is 0.0377. The predicted molar refractivity (Wildman–Crippen MR) is 199 cm³/mol. The van der Waals surface area contributed by atoms with Crippen molar-refractivity contribution in [3.63, 3.8) is 0 Å². The lowest BCUT2D eigenvalue weighted by Gasteiger charge is -2.34. The van der Waals surface area contributed by atoms with E-state index in [1.165, 1.54) is 0 Å². The maximum Gasteiger partial charge on any atom is 0.133 e. The standard InChI is InChI=1S/C40H50Cl2N2O8/c41-34-21-28(25-51-40(12-13-40)33-22-43-14-11-31(33)32-7-3-4-8-37(32)52-30-9-10-30)35(42)20-26(34)5-1-2-6-29(46)19-27(23-44-15-17-50-18-16-44)38(48)39(49)36(47)24-45/h3-4,7-8,11,14,20-22,27,30,36,38-39,45,47-49H,1-2,5-6,9-10,12-13,15-19,23-25H2/t27-,36+,38+,39+/m1/s1. The number of carbonyl (C=O) groups excluding carboxylic acids is 1. The van der Waals surface area contributed by atoms with Crippen molar-refractivity contribution < 1.29 is 39.4 Å². The zero-order valence-electron chi connectivity index (χ0n) is 29.5. The third-order valence-electron chi connectivity index (χ3n) is 10.4. The van der Waals surface area contributed by atoms with Crippen LogP contribution < -0.4 is 4.74 Å². The number of aromatic nitrogens is 1. The van der Waals surface area contributed by atoms with Crippen LogP contribution in [0.5, 0.6) is 5.75 Å². The maximum atomic E-state index is 13.0. The van der Waals surface area contributed by atoms with Crippen molar-refractivity contribution in [2.75, 3.05) is 39.5 Å². The van der Waals surface area contributed by atoms with E-state index in [2.05, 4.69) is 16.0 Å². The molecule has 52 heavy (non-hydrogen) atoms. The fourth-order valence-corrected chi connectivity index (χ4v) is 7.48. The van der Waals surface area contributed by atoms with Crippen molar-refractivity contribution in [1.29, 1.82) is 0 Å². The Morgan fingerprint density at radius 2 is 1.71 bits per heavy atom. The number of carbonyl (C=O) groups is 1. The molecule has 2 aliphatic carbocycles. The van der Waals surface area contributed by atoms with Gasteiger partial charge in [0.2, 0.25) is 0 Å². The number of Topliss-reactive ketones (excluding diaryl/α,β-unsaturated/α-hetero) is 1. The van der Waals surface area contributed by atoms with E-state index in [0.29, 0.717) is 75.2 Å². The zero-order valence-corrected chi connectivity index (χ0v) is 31.0. The molecule has 12 heteroatoms. The van der Waals surface area contributed by atoms with Crippen molar-refractivity contribution in [2.45, 2.75) is 94.4 Å². The number of morpholine rings is 1. The number of halogens is 2. The number of benzene rings is 2. The number of rotatable bonds is 20. The second kappa shape index (κ2) is 18.1. The molecule has 0 radical (unpaired) electrons. The van der Waals surface area contributed by atoms with E-state index >= 15 is 0 Å². The molecule has 0 unspecified atom stereocenters. The molecule has 2 aromatic carbocycles. The molecule has 282 valence electrons. The molecule has 1 aliphatic heterocycles. The minimum Gasteiger partial charge on any atom is -0.490 e. The molecule has 2 heterocycles. The van der Waals surface area contributed by atoms with E-state index < -0.39 is 36.4 Å². The molecular weight excluding hydrogens is 707 g/mol. The molecule has 2 saturated carbocycles. The van der Waals surface area contributed by atoms with Crippen molar-refractivity contribution in [3.8, 4) is 16.9 Å². The molecule has 4 N–H and O–H groups in total. The summed E-state index contributed by atoms with van der Waals surface area (Å²) in [6.45, 7) is 2.41. The number of pyridine rings is 1. The van der Waals surface area contributed by atoms with E-state index in [4.69, 9.17) is 37.4 Å². The van der Waals surface area contributed by atoms with Crippen LogP contribution in [-0.4, -0.2) is 100.0 Å². The first kappa shape index (κ1) is 39.1. The van der Waals surface area contributed by atoms with Gasteiger partial charge in [0, 0.05) is 72.0 Å². The van der Waals surface area contributed by atoms with Crippen molar-refractivity contribution in [2.24, 2.45) is 5.92 Å². The first-order chi connectivity index (χ1) is 25.2. The van der Waals surface area contributed by atoms with Gasteiger partial charge in [-0.15, -0.1) is 0 Å². The summed E-state index contributed by atoms with van der Waals surface area (Å²) in [7, 11) is 0. The van der Waals surface area contributed by atoms with Crippen LogP contribution in [0.4, 0.5) is 0 Å². The van der Waals surface area contributed by atoms with E-state index in [0.717, 1.165) is 59.3 Å². The van der Waals surface area contributed by atoms with Gasteiger partial charge in [-0.3, -0.25) is 14.7 Å². The molecule has 1 saturated heterocycles. The number of unbranched alkanes of at least 4 members (excludes halogenated alkanes) is 1. The Bertz CT molecular complexity index is 1650. The lowest BCUT2D eigenvalue weighted by Crippen LogP contribution is -2.49. The highest BCUT2D eigenvalue weighted by molar-refractivity contribution is 6.34. The lowest BCUT2D eigenvalue weighted by atomic mass is 9.88. The topological polar surface area (TPSA) is 142 Å². The smallest absolute Gasteiger partial charge is 0.133 e. The molecule has 10 nitrogen and oxygen atoms in total.